The normalized spacial score (nSPS) is 14.7. The zero-order valence-corrected chi connectivity index (χ0v) is 21.0. The maximum atomic E-state index is 14.0. The van der Waals surface area contributed by atoms with Crippen LogP contribution in [0.4, 0.5) is 14.9 Å². The van der Waals surface area contributed by atoms with Crippen molar-refractivity contribution in [2.45, 2.75) is 20.0 Å². The molecule has 182 valence electrons. The van der Waals surface area contributed by atoms with Crippen LogP contribution in [0.3, 0.4) is 0 Å². The number of hydrogen-bond donors (Lipinski definition) is 1. The number of halogens is 2. The molecule has 0 bridgehead atoms. The molecule has 3 aromatic carbocycles. The first-order chi connectivity index (χ1) is 17.3. The molecule has 6 nitrogen and oxygen atoms in total. The van der Waals surface area contributed by atoms with E-state index < -0.39 is 17.8 Å². The molecule has 0 aliphatic carbocycles. The lowest BCUT2D eigenvalue weighted by Crippen LogP contribution is -2.54. The molecule has 1 saturated heterocycles. The maximum absolute atomic E-state index is 14.0. The second kappa shape index (κ2) is 10.7. The van der Waals surface area contributed by atoms with Crippen LogP contribution in [0.5, 0.6) is 5.75 Å². The minimum absolute atomic E-state index is 0.0435. The summed E-state index contributed by atoms with van der Waals surface area (Å²) in [6.07, 6.45) is 3.57. The summed E-state index contributed by atoms with van der Waals surface area (Å²) in [5, 5.41) is 2.23. The second-order valence-corrected chi connectivity index (χ2v) is 8.99. The van der Waals surface area contributed by atoms with Gasteiger partial charge in [-0.25, -0.2) is 14.1 Å². The fourth-order valence-electron chi connectivity index (χ4n) is 3.74. The van der Waals surface area contributed by atoms with E-state index in [0.29, 0.717) is 29.0 Å². The van der Waals surface area contributed by atoms with Crippen molar-refractivity contribution in [1.82, 2.24) is 5.32 Å². The summed E-state index contributed by atoms with van der Waals surface area (Å²) in [6.45, 7) is 5.64. The van der Waals surface area contributed by atoms with E-state index in [4.69, 9.17) is 4.74 Å². The van der Waals surface area contributed by atoms with Gasteiger partial charge < -0.3 is 4.74 Å². The van der Waals surface area contributed by atoms with E-state index in [9.17, 15) is 18.8 Å². The van der Waals surface area contributed by atoms with Crippen LogP contribution in [0.15, 0.2) is 83.4 Å². The molecule has 0 radical (unpaired) electrons. The number of barbiturate groups is 1. The Morgan fingerprint density at radius 2 is 1.83 bits per heavy atom. The number of ether oxygens (including phenoxy) is 1. The van der Waals surface area contributed by atoms with Crippen LogP contribution in [0.1, 0.15) is 22.3 Å². The smallest absolute Gasteiger partial charge is 0.335 e. The van der Waals surface area contributed by atoms with Gasteiger partial charge in [-0.1, -0.05) is 46.3 Å². The third kappa shape index (κ3) is 5.28. The Labute approximate surface area is 216 Å². The largest absolute Gasteiger partial charge is 0.489 e. The van der Waals surface area contributed by atoms with Crippen molar-refractivity contribution >= 4 is 45.5 Å². The number of nitrogens with one attached hydrogen (secondary N) is 1. The first-order valence-corrected chi connectivity index (χ1v) is 11.9. The van der Waals surface area contributed by atoms with Crippen molar-refractivity contribution in [3.8, 4) is 5.75 Å². The van der Waals surface area contributed by atoms with Crippen LogP contribution < -0.4 is 15.0 Å². The number of hydrogen-bond acceptors (Lipinski definition) is 4. The Morgan fingerprint density at radius 1 is 1.06 bits per heavy atom. The molecular formula is C28H22BrFN2O4. The molecule has 0 spiro atoms. The molecule has 36 heavy (non-hydrogen) atoms. The first kappa shape index (κ1) is 25.1. The van der Waals surface area contributed by atoms with Crippen LogP contribution in [-0.4, -0.2) is 17.8 Å². The summed E-state index contributed by atoms with van der Waals surface area (Å²) in [4.78, 5) is 39.2. The zero-order chi connectivity index (χ0) is 25.8. The number of allylic oxidation sites excluding steroid dienone is 1. The van der Waals surface area contributed by atoms with Crippen molar-refractivity contribution in [2.75, 3.05) is 4.90 Å². The van der Waals surface area contributed by atoms with Gasteiger partial charge in [0, 0.05) is 10.0 Å². The molecule has 1 heterocycles. The molecule has 0 aromatic heterocycles. The number of nitrogens with zero attached hydrogens (tertiary/aromatic N) is 1. The Balaban J connectivity index is 1.63. The van der Waals surface area contributed by atoms with Crippen LogP contribution in [-0.2, 0) is 22.6 Å². The van der Waals surface area contributed by atoms with Gasteiger partial charge in [0.05, 0.1) is 5.69 Å². The van der Waals surface area contributed by atoms with Crippen LogP contribution in [0.2, 0.25) is 0 Å². The SMILES string of the molecule is C=CCc1cc(/C=C2\C(=O)NC(=O)N(c3ccc(Br)c(C)c3)C2=O)ccc1OCc1ccccc1F. The summed E-state index contributed by atoms with van der Waals surface area (Å²) in [5.74, 6) is -1.33. The van der Waals surface area contributed by atoms with Gasteiger partial charge in [0.2, 0.25) is 0 Å². The summed E-state index contributed by atoms with van der Waals surface area (Å²) < 4.78 is 20.6. The quantitative estimate of drug-likeness (QED) is 0.227. The highest BCUT2D eigenvalue weighted by Gasteiger charge is 2.37. The minimum atomic E-state index is -0.812. The summed E-state index contributed by atoms with van der Waals surface area (Å²) in [5.41, 5.74) is 2.72. The number of aryl methyl sites for hydroxylation is 1. The predicted molar refractivity (Wildman–Crippen MR) is 139 cm³/mol. The zero-order valence-electron chi connectivity index (χ0n) is 19.4. The highest BCUT2D eigenvalue weighted by Crippen LogP contribution is 2.28. The van der Waals surface area contributed by atoms with Gasteiger partial charge in [-0.2, -0.15) is 0 Å². The summed E-state index contributed by atoms with van der Waals surface area (Å²) in [7, 11) is 0. The second-order valence-electron chi connectivity index (χ2n) is 8.13. The number of anilines is 1. The van der Waals surface area contributed by atoms with Crippen molar-refractivity contribution in [3.05, 3.63) is 111 Å². The average molecular weight is 549 g/mol. The van der Waals surface area contributed by atoms with E-state index in [-0.39, 0.29) is 18.0 Å². The van der Waals surface area contributed by atoms with Crippen LogP contribution >= 0.6 is 15.9 Å². The molecule has 1 aliphatic heterocycles. The molecule has 1 aliphatic rings. The third-order valence-electron chi connectivity index (χ3n) is 5.60. The Morgan fingerprint density at radius 3 is 2.56 bits per heavy atom. The minimum Gasteiger partial charge on any atom is -0.489 e. The maximum Gasteiger partial charge on any atom is 0.335 e. The molecule has 8 heteroatoms. The van der Waals surface area contributed by atoms with Crippen molar-refractivity contribution < 1.29 is 23.5 Å². The number of carbonyl (C=O) groups is 3. The van der Waals surface area contributed by atoms with Crippen LogP contribution in [0, 0.1) is 12.7 Å². The number of benzene rings is 3. The van der Waals surface area contributed by atoms with Crippen molar-refractivity contribution in [1.29, 1.82) is 0 Å². The fourth-order valence-corrected chi connectivity index (χ4v) is 3.99. The molecule has 3 aromatic rings. The molecule has 0 atom stereocenters. The topological polar surface area (TPSA) is 75.7 Å². The number of rotatable bonds is 7. The molecule has 1 N–H and O–H groups in total. The standard InChI is InChI=1S/C28H22BrFN2O4/c1-3-6-19-14-18(9-12-25(19)36-16-20-7-4-5-8-24(20)30)15-22-26(33)31-28(35)32(27(22)34)21-10-11-23(29)17(2)13-21/h3-5,7-15H,1,6,16H2,2H3,(H,31,33,35)/b22-15+. The van der Waals surface area contributed by atoms with Gasteiger partial charge in [0.15, 0.2) is 0 Å². The van der Waals surface area contributed by atoms with E-state index in [1.165, 1.54) is 12.1 Å². The fraction of sp³-hybridized carbons (Fsp3) is 0.107. The van der Waals surface area contributed by atoms with Crippen LogP contribution in [0.25, 0.3) is 6.08 Å². The van der Waals surface area contributed by atoms with E-state index in [1.807, 2.05) is 6.92 Å². The molecule has 4 amide bonds. The molecule has 1 fully saturated rings. The van der Waals surface area contributed by atoms with Gasteiger partial charge in [-0.3, -0.25) is 14.9 Å². The lowest BCUT2D eigenvalue weighted by atomic mass is 10.0. The van der Waals surface area contributed by atoms with E-state index in [0.717, 1.165) is 20.5 Å². The van der Waals surface area contributed by atoms with Crippen molar-refractivity contribution in [2.24, 2.45) is 0 Å². The van der Waals surface area contributed by atoms with E-state index >= 15 is 0 Å². The molecule has 0 unspecified atom stereocenters. The third-order valence-corrected chi connectivity index (χ3v) is 6.49. The van der Waals surface area contributed by atoms with E-state index in [2.05, 4.69) is 27.8 Å². The number of imide groups is 2. The number of urea groups is 1. The number of carbonyl (C=O) groups excluding carboxylic acids is 3. The monoisotopic (exact) mass is 548 g/mol. The highest BCUT2D eigenvalue weighted by atomic mass is 79.9. The lowest BCUT2D eigenvalue weighted by Gasteiger charge is -2.26. The molecule has 0 saturated carbocycles. The lowest BCUT2D eigenvalue weighted by molar-refractivity contribution is -0.122. The van der Waals surface area contributed by atoms with Gasteiger partial charge in [0.1, 0.15) is 23.7 Å². The first-order valence-electron chi connectivity index (χ1n) is 11.1. The Kier molecular flexibility index (Phi) is 7.45. The summed E-state index contributed by atoms with van der Waals surface area (Å²) in [6, 6.07) is 15.7. The van der Waals surface area contributed by atoms with Crippen molar-refractivity contribution in [3.63, 3.8) is 0 Å². The van der Waals surface area contributed by atoms with Gasteiger partial charge in [0.25, 0.3) is 11.8 Å². The summed E-state index contributed by atoms with van der Waals surface area (Å²) >= 11 is 3.40. The van der Waals surface area contributed by atoms with Gasteiger partial charge in [-0.15, -0.1) is 6.58 Å². The number of amides is 4. The van der Waals surface area contributed by atoms with E-state index in [1.54, 1.807) is 60.7 Å². The van der Waals surface area contributed by atoms with Gasteiger partial charge in [-0.05, 0) is 72.5 Å². The predicted octanol–water partition coefficient (Wildman–Crippen LogP) is 5.87. The Hall–Kier alpha value is -4.04. The average Bonchev–Trinajstić information content (AvgIpc) is 2.84. The molecule has 4 rings (SSSR count). The highest BCUT2D eigenvalue weighted by molar-refractivity contribution is 9.10. The Bertz CT molecular complexity index is 1420. The van der Waals surface area contributed by atoms with Gasteiger partial charge >= 0.3 is 6.03 Å². The molecular weight excluding hydrogens is 527 g/mol.